The van der Waals surface area contributed by atoms with Gasteiger partial charge in [0.15, 0.2) is 0 Å². The number of rotatable bonds is 1. The number of nitrogens with one attached hydrogen (secondary N) is 2. The van der Waals surface area contributed by atoms with E-state index in [-0.39, 0.29) is 6.03 Å². The second-order valence-corrected chi connectivity index (χ2v) is 2.11. The predicted octanol–water partition coefficient (Wildman–Crippen LogP) is 1.20. The highest BCUT2D eigenvalue weighted by Gasteiger charge is 1.98. The minimum Gasteiger partial charge on any atom is -0.341 e. The fraction of sp³-hybridized carbons (Fsp3) is 0.500. The molecule has 13 heavy (non-hydrogen) atoms. The zero-order chi connectivity index (χ0) is 10.3. The summed E-state index contributed by atoms with van der Waals surface area (Å²) in [5, 5.41) is 8.89. The third-order valence-electron chi connectivity index (χ3n) is 1.19. The van der Waals surface area contributed by atoms with Gasteiger partial charge < -0.3 is 10.6 Å². The van der Waals surface area contributed by atoms with Crippen LogP contribution in [0.5, 0.6) is 0 Å². The van der Waals surface area contributed by atoms with Crippen LogP contribution in [0.3, 0.4) is 0 Å². The fourth-order valence-electron chi connectivity index (χ4n) is 0.679. The summed E-state index contributed by atoms with van der Waals surface area (Å²) in [6.07, 6.45) is 3.30. The van der Waals surface area contributed by atoms with Crippen LogP contribution in [0.1, 0.15) is 13.8 Å². The summed E-state index contributed by atoms with van der Waals surface area (Å²) in [5.74, 6) is 0. The number of aromatic nitrogens is 2. The number of anilines is 1. The maximum Gasteiger partial charge on any atom is 0.319 e. The van der Waals surface area contributed by atoms with E-state index in [1.54, 1.807) is 31.2 Å². The molecule has 1 rings (SSSR count). The van der Waals surface area contributed by atoms with E-state index in [0.717, 1.165) is 0 Å². The molecule has 0 aliphatic carbocycles. The number of hydrogen-bond donors (Lipinski definition) is 2. The van der Waals surface area contributed by atoms with E-state index in [9.17, 15) is 4.79 Å². The molecule has 2 N–H and O–H groups in total. The summed E-state index contributed by atoms with van der Waals surface area (Å²) < 4.78 is 1.62. The zero-order valence-corrected chi connectivity index (χ0v) is 8.46. The van der Waals surface area contributed by atoms with Gasteiger partial charge >= 0.3 is 6.03 Å². The second kappa shape index (κ2) is 6.05. The van der Waals surface area contributed by atoms with Crippen molar-refractivity contribution in [3.8, 4) is 0 Å². The van der Waals surface area contributed by atoms with Crippen LogP contribution in [0.4, 0.5) is 10.5 Å². The van der Waals surface area contributed by atoms with Gasteiger partial charge in [0.25, 0.3) is 0 Å². The van der Waals surface area contributed by atoms with Gasteiger partial charge in [-0.3, -0.25) is 4.68 Å². The molecular weight excluding hydrogens is 168 g/mol. The Balaban J connectivity index is 0.000000671. The lowest BCUT2D eigenvalue weighted by Crippen LogP contribution is -2.24. The molecule has 1 aromatic rings. The summed E-state index contributed by atoms with van der Waals surface area (Å²) >= 11 is 0. The number of nitrogens with zero attached hydrogens (tertiary/aromatic N) is 2. The van der Waals surface area contributed by atoms with E-state index in [4.69, 9.17) is 0 Å². The molecule has 0 spiro atoms. The monoisotopic (exact) mass is 184 g/mol. The minimum absolute atomic E-state index is 0.238. The minimum atomic E-state index is -0.238. The lowest BCUT2D eigenvalue weighted by atomic mass is 10.6. The molecule has 0 saturated carbocycles. The lowest BCUT2D eigenvalue weighted by Gasteiger charge is -1.98. The maximum atomic E-state index is 10.7. The Labute approximate surface area is 78.1 Å². The van der Waals surface area contributed by atoms with Gasteiger partial charge in [-0.25, -0.2) is 4.79 Å². The number of urea groups is 1. The number of amides is 2. The first-order valence-corrected chi connectivity index (χ1v) is 4.20. The van der Waals surface area contributed by atoms with Crippen molar-refractivity contribution in [1.82, 2.24) is 15.1 Å². The quantitative estimate of drug-likeness (QED) is 0.689. The third kappa shape index (κ3) is 4.15. The molecule has 0 fully saturated rings. The Hall–Kier alpha value is -1.52. The van der Waals surface area contributed by atoms with Gasteiger partial charge in [-0.2, -0.15) is 5.10 Å². The van der Waals surface area contributed by atoms with Crippen molar-refractivity contribution in [1.29, 1.82) is 0 Å². The molecule has 0 bridgehead atoms. The fourth-order valence-corrected chi connectivity index (χ4v) is 0.679. The van der Waals surface area contributed by atoms with Gasteiger partial charge in [-0.15, -0.1) is 0 Å². The molecular formula is C8H16N4O. The van der Waals surface area contributed by atoms with Crippen LogP contribution in [-0.2, 0) is 7.05 Å². The summed E-state index contributed by atoms with van der Waals surface area (Å²) in [4.78, 5) is 10.7. The van der Waals surface area contributed by atoms with Crippen LogP contribution in [0.2, 0.25) is 0 Å². The molecule has 74 valence electrons. The first kappa shape index (κ1) is 11.5. The van der Waals surface area contributed by atoms with E-state index in [1.807, 2.05) is 13.8 Å². The van der Waals surface area contributed by atoms with Crippen LogP contribution in [0, 0.1) is 0 Å². The van der Waals surface area contributed by atoms with Gasteiger partial charge in [-0.1, -0.05) is 13.8 Å². The third-order valence-corrected chi connectivity index (χ3v) is 1.19. The van der Waals surface area contributed by atoms with E-state index in [0.29, 0.717) is 5.69 Å². The van der Waals surface area contributed by atoms with Gasteiger partial charge in [0.2, 0.25) is 0 Å². The SMILES string of the molecule is CC.CNC(=O)Nc1cnn(C)c1. The van der Waals surface area contributed by atoms with Crippen molar-refractivity contribution in [2.75, 3.05) is 12.4 Å². The summed E-state index contributed by atoms with van der Waals surface area (Å²) in [6.45, 7) is 4.00. The number of carbonyl (C=O) groups excluding carboxylic acids is 1. The second-order valence-electron chi connectivity index (χ2n) is 2.11. The highest BCUT2D eigenvalue weighted by molar-refractivity contribution is 5.88. The van der Waals surface area contributed by atoms with Crippen molar-refractivity contribution in [2.24, 2.45) is 7.05 Å². The molecule has 5 heteroatoms. The molecule has 0 aliphatic heterocycles. The summed E-state index contributed by atoms with van der Waals surface area (Å²) in [5.41, 5.74) is 0.687. The molecule has 0 radical (unpaired) electrons. The maximum absolute atomic E-state index is 10.7. The zero-order valence-electron chi connectivity index (χ0n) is 8.46. The first-order chi connectivity index (χ1) is 6.22. The van der Waals surface area contributed by atoms with Crippen molar-refractivity contribution >= 4 is 11.7 Å². The van der Waals surface area contributed by atoms with E-state index >= 15 is 0 Å². The Kier molecular flexibility index (Phi) is 5.34. The van der Waals surface area contributed by atoms with Crippen molar-refractivity contribution < 1.29 is 4.79 Å². The molecule has 1 aromatic heterocycles. The van der Waals surface area contributed by atoms with Crippen molar-refractivity contribution in [3.63, 3.8) is 0 Å². The van der Waals surface area contributed by atoms with Gasteiger partial charge in [-0.05, 0) is 0 Å². The van der Waals surface area contributed by atoms with Crippen LogP contribution in [0.15, 0.2) is 12.4 Å². The molecule has 0 atom stereocenters. The number of hydrogen-bond acceptors (Lipinski definition) is 2. The topological polar surface area (TPSA) is 59.0 Å². The highest BCUT2D eigenvalue weighted by Crippen LogP contribution is 2.01. The number of aryl methyl sites for hydroxylation is 1. The molecule has 5 nitrogen and oxygen atoms in total. The van der Waals surface area contributed by atoms with Crippen LogP contribution in [-0.4, -0.2) is 22.9 Å². The molecule has 0 aliphatic rings. The lowest BCUT2D eigenvalue weighted by molar-refractivity contribution is 0.254. The highest BCUT2D eigenvalue weighted by atomic mass is 16.2. The van der Waals surface area contributed by atoms with E-state index < -0.39 is 0 Å². The normalized spacial score (nSPS) is 8.31. The van der Waals surface area contributed by atoms with Crippen LogP contribution < -0.4 is 10.6 Å². The first-order valence-electron chi connectivity index (χ1n) is 4.20. The Morgan fingerprint density at radius 3 is 2.54 bits per heavy atom. The predicted molar refractivity (Wildman–Crippen MR) is 52.6 cm³/mol. The van der Waals surface area contributed by atoms with Crippen LogP contribution in [0.25, 0.3) is 0 Å². The summed E-state index contributed by atoms with van der Waals surface area (Å²) in [6, 6.07) is -0.238. The average molecular weight is 184 g/mol. The van der Waals surface area contributed by atoms with Crippen molar-refractivity contribution in [2.45, 2.75) is 13.8 Å². The Morgan fingerprint density at radius 1 is 1.54 bits per heavy atom. The average Bonchev–Trinajstić information content (AvgIpc) is 2.54. The van der Waals surface area contributed by atoms with Crippen molar-refractivity contribution in [3.05, 3.63) is 12.4 Å². The van der Waals surface area contributed by atoms with Gasteiger partial charge in [0, 0.05) is 20.3 Å². The smallest absolute Gasteiger partial charge is 0.319 e. The summed E-state index contributed by atoms with van der Waals surface area (Å²) in [7, 11) is 3.35. The van der Waals surface area contributed by atoms with E-state index in [2.05, 4.69) is 15.7 Å². The molecule has 0 unspecified atom stereocenters. The molecule has 2 amide bonds. The Morgan fingerprint density at radius 2 is 2.15 bits per heavy atom. The Bertz CT molecular complexity index is 256. The van der Waals surface area contributed by atoms with Gasteiger partial charge in [0.1, 0.15) is 0 Å². The van der Waals surface area contributed by atoms with E-state index in [1.165, 1.54) is 0 Å². The standard InChI is InChI=1S/C6H10N4O.C2H6/c1-7-6(11)9-5-3-8-10(2)4-5;1-2/h3-4H,1-2H3,(H2,7,9,11);1-2H3. The molecule has 0 aromatic carbocycles. The van der Waals surface area contributed by atoms with Crippen LogP contribution >= 0.6 is 0 Å². The molecule has 1 heterocycles. The molecule has 0 saturated heterocycles. The number of carbonyl (C=O) groups is 1. The van der Waals surface area contributed by atoms with Gasteiger partial charge in [0.05, 0.1) is 11.9 Å². The largest absolute Gasteiger partial charge is 0.341 e.